The second kappa shape index (κ2) is 10.2. The van der Waals surface area contributed by atoms with Crippen molar-refractivity contribution < 1.29 is 19.3 Å². The highest BCUT2D eigenvalue weighted by molar-refractivity contribution is 6.61. The number of aromatic nitrogens is 2. The van der Waals surface area contributed by atoms with Crippen molar-refractivity contribution in [2.45, 2.75) is 6.61 Å². The Morgan fingerprint density at radius 1 is 0.919 bits per heavy atom. The zero-order valence-electron chi connectivity index (χ0n) is 20.3. The molecule has 0 saturated heterocycles. The van der Waals surface area contributed by atoms with Crippen molar-refractivity contribution in [1.82, 2.24) is 14.9 Å². The highest BCUT2D eigenvalue weighted by Crippen LogP contribution is 2.23. The van der Waals surface area contributed by atoms with Crippen LogP contribution in [0.2, 0.25) is 0 Å². The minimum absolute atomic E-state index is 0.0436. The van der Waals surface area contributed by atoms with Gasteiger partial charge in [-0.15, -0.1) is 0 Å². The zero-order valence-corrected chi connectivity index (χ0v) is 20.3. The van der Waals surface area contributed by atoms with Gasteiger partial charge in [0.1, 0.15) is 5.82 Å². The van der Waals surface area contributed by atoms with Gasteiger partial charge in [-0.2, -0.15) is 0 Å². The van der Waals surface area contributed by atoms with E-state index in [2.05, 4.69) is 20.6 Å². The van der Waals surface area contributed by atoms with Crippen molar-refractivity contribution in [1.29, 1.82) is 0 Å². The van der Waals surface area contributed by atoms with Gasteiger partial charge in [0.15, 0.2) is 0 Å². The van der Waals surface area contributed by atoms with E-state index in [-0.39, 0.29) is 18.4 Å². The van der Waals surface area contributed by atoms with Crippen molar-refractivity contribution >= 4 is 41.6 Å². The van der Waals surface area contributed by atoms with Crippen molar-refractivity contribution in [2.24, 2.45) is 0 Å². The number of benzene rings is 2. The van der Waals surface area contributed by atoms with Crippen LogP contribution in [-0.4, -0.2) is 52.9 Å². The van der Waals surface area contributed by atoms with Crippen LogP contribution in [0.1, 0.15) is 26.3 Å². The van der Waals surface area contributed by atoms with E-state index >= 15 is 0 Å². The lowest BCUT2D eigenvalue weighted by Crippen LogP contribution is -2.28. The zero-order chi connectivity index (χ0) is 25.9. The quantitative estimate of drug-likeness (QED) is 0.354. The Labute approximate surface area is 214 Å². The number of amides is 2. The second-order valence-corrected chi connectivity index (χ2v) is 8.83. The van der Waals surface area contributed by atoms with Gasteiger partial charge in [-0.3, -0.25) is 14.6 Å². The third-order valence-electron chi connectivity index (χ3n) is 5.97. The number of anilines is 3. The molecule has 1 aliphatic rings. The van der Waals surface area contributed by atoms with Crippen LogP contribution in [0.4, 0.5) is 17.2 Å². The Hall–Kier alpha value is -4.54. The second-order valence-electron chi connectivity index (χ2n) is 8.83. The Morgan fingerprint density at radius 2 is 1.65 bits per heavy atom. The molecule has 0 saturated carbocycles. The molecule has 0 bridgehead atoms. The molecule has 3 heterocycles. The van der Waals surface area contributed by atoms with Gasteiger partial charge in [-0.25, -0.2) is 4.98 Å². The van der Waals surface area contributed by atoms with Gasteiger partial charge in [0.25, 0.3) is 11.8 Å². The van der Waals surface area contributed by atoms with E-state index in [0.29, 0.717) is 33.8 Å². The van der Waals surface area contributed by atoms with E-state index < -0.39 is 7.12 Å². The Kier molecular flexibility index (Phi) is 6.67. The first-order chi connectivity index (χ1) is 17.9. The van der Waals surface area contributed by atoms with Crippen LogP contribution in [0, 0.1) is 0 Å². The summed E-state index contributed by atoms with van der Waals surface area (Å²) in [6.45, 7) is 0.270. The first-order valence-electron chi connectivity index (χ1n) is 11.6. The van der Waals surface area contributed by atoms with Gasteiger partial charge in [0.2, 0.25) is 0 Å². The molecule has 0 unspecified atom stereocenters. The van der Waals surface area contributed by atoms with Crippen LogP contribution < -0.4 is 16.1 Å². The molecule has 0 atom stereocenters. The van der Waals surface area contributed by atoms with Crippen LogP contribution in [0.3, 0.4) is 0 Å². The summed E-state index contributed by atoms with van der Waals surface area (Å²) in [5.74, 6) is 0.285. The van der Waals surface area contributed by atoms with Crippen molar-refractivity contribution in [3.05, 3.63) is 95.9 Å². The highest BCUT2D eigenvalue weighted by atomic mass is 16.5. The van der Waals surface area contributed by atoms with E-state index in [9.17, 15) is 14.6 Å². The Bertz CT molecular complexity index is 1460. The average molecular weight is 493 g/mol. The number of nitrogens with one attached hydrogen (secondary N) is 2. The summed E-state index contributed by atoms with van der Waals surface area (Å²) in [5, 5.41) is 15.8. The predicted octanol–water partition coefficient (Wildman–Crippen LogP) is 3.06. The largest absolute Gasteiger partial charge is 0.491 e. The Morgan fingerprint density at radius 3 is 2.38 bits per heavy atom. The van der Waals surface area contributed by atoms with Crippen molar-refractivity contribution in [3.63, 3.8) is 0 Å². The fraction of sp³-hybridized carbons (Fsp3) is 0.111. The maximum Gasteiger partial charge on any atom is 0.491 e. The molecule has 10 heteroatoms. The highest BCUT2D eigenvalue weighted by Gasteiger charge is 2.27. The third-order valence-corrected chi connectivity index (χ3v) is 5.97. The fourth-order valence-corrected chi connectivity index (χ4v) is 4.00. The molecule has 9 nitrogen and oxygen atoms in total. The smallest absolute Gasteiger partial charge is 0.423 e. The van der Waals surface area contributed by atoms with Crippen LogP contribution >= 0.6 is 0 Å². The molecule has 2 aromatic heterocycles. The Balaban J connectivity index is 1.24. The first-order valence-corrected chi connectivity index (χ1v) is 11.6. The molecular weight excluding hydrogens is 469 g/mol. The number of hydrogen-bond donors (Lipinski definition) is 3. The lowest BCUT2D eigenvalue weighted by atomic mass is 9.79. The molecule has 1 aliphatic heterocycles. The molecule has 2 amide bonds. The molecule has 0 fully saturated rings. The monoisotopic (exact) mass is 493 g/mol. The van der Waals surface area contributed by atoms with Gasteiger partial charge < -0.3 is 25.2 Å². The summed E-state index contributed by atoms with van der Waals surface area (Å²) in [6.07, 6.45) is 4.95. The lowest BCUT2D eigenvalue weighted by Gasteiger charge is -2.11. The fourth-order valence-electron chi connectivity index (χ4n) is 4.00. The number of carbonyl (C=O) groups is 2. The summed E-state index contributed by atoms with van der Waals surface area (Å²) in [4.78, 5) is 35.0. The minimum Gasteiger partial charge on any atom is -0.423 e. The number of rotatable bonds is 6. The van der Waals surface area contributed by atoms with E-state index in [1.54, 1.807) is 74.0 Å². The molecule has 0 aliphatic carbocycles. The third kappa shape index (κ3) is 5.35. The van der Waals surface area contributed by atoms with Crippen molar-refractivity contribution in [2.75, 3.05) is 24.7 Å². The van der Waals surface area contributed by atoms with Crippen LogP contribution in [0.5, 0.6) is 0 Å². The van der Waals surface area contributed by atoms with E-state index in [1.165, 1.54) is 0 Å². The van der Waals surface area contributed by atoms with Gasteiger partial charge in [0.05, 0.1) is 30.4 Å². The normalized spacial score (nSPS) is 12.1. The summed E-state index contributed by atoms with van der Waals surface area (Å²) in [6, 6.07) is 18.0. The summed E-state index contributed by atoms with van der Waals surface area (Å²) >= 11 is 0. The molecule has 4 aromatic rings. The van der Waals surface area contributed by atoms with E-state index in [0.717, 1.165) is 16.7 Å². The summed E-state index contributed by atoms with van der Waals surface area (Å²) < 4.78 is 5.19. The minimum atomic E-state index is -0.943. The summed E-state index contributed by atoms with van der Waals surface area (Å²) in [5.41, 5.74) is 5.62. The standard InChI is InChI=1S/C27H24BN5O4/c1-33(2)27(35)18-5-3-17(4-6-18)20-8-10-25(30-13-20)31-22-12-23(15-29-14-22)32-26(34)19-7-9-24-21(11-19)16-37-28(24)36/h3-15,36H,16H2,1-2H3,(H,30,31)(H,32,34). The maximum atomic E-state index is 12.7. The molecule has 0 spiro atoms. The number of nitrogens with zero attached hydrogens (tertiary/aromatic N) is 3. The molecule has 5 rings (SSSR count). The first kappa shape index (κ1) is 24.2. The molecule has 0 radical (unpaired) electrons. The molecule has 3 N–H and O–H groups in total. The van der Waals surface area contributed by atoms with E-state index in [4.69, 9.17) is 4.65 Å². The van der Waals surface area contributed by atoms with Crippen LogP contribution in [0.25, 0.3) is 11.1 Å². The van der Waals surface area contributed by atoms with Gasteiger partial charge >= 0.3 is 7.12 Å². The number of carbonyl (C=O) groups excluding carboxylic acids is 2. The molecule has 2 aromatic carbocycles. The van der Waals surface area contributed by atoms with Crippen LogP contribution in [-0.2, 0) is 11.3 Å². The number of hydrogen-bond acceptors (Lipinski definition) is 7. The van der Waals surface area contributed by atoms with Gasteiger partial charge in [0, 0.05) is 37.0 Å². The number of fused-ring (bicyclic) bond motifs is 1. The molecular formula is C27H24BN5O4. The maximum absolute atomic E-state index is 12.7. The summed E-state index contributed by atoms with van der Waals surface area (Å²) in [7, 11) is 2.50. The van der Waals surface area contributed by atoms with Crippen molar-refractivity contribution in [3.8, 4) is 11.1 Å². The van der Waals surface area contributed by atoms with Gasteiger partial charge in [-0.05, 0) is 59.1 Å². The lowest BCUT2D eigenvalue weighted by molar-refractivity contribution is 0.0827. The topological polar surface area (TPSA) is 117 Å². The number of pyridine rings is 2. The molecule has 184 valence electrons. The average Bonchev–Trinajstić information content (AvgIpc) is 3.29. The van der Waals surface area contributed by atoms with E-state index in [1.807, 2.05) is 24.3 Å². The van der Waals surface area contributed by atoms with Gasteiger partial charge in [-0.1, -0.05) is 18.2 Å². The molecule has 37 heavy (non-hydrogen) atoms. The SMILES string of the molecule is CN(C)C(=O)c1ccc(-c2ccc(Nc3cncc(NC(=O)c4ccc5c(c4)COB5O)c3)nc2)cc1. The van der Waals surface area contributed by atoms with Crippen LogP contribution in [0.15, 0.2) is 79.3 Å². The predicted molar refractivity (Wildman–Crippen MR) is 142 cm³/mol.